The average Bonchev–Trinajstić information content (AvgIpc) is 2.99. The summed E-state index contributed by atoms with van der Waals surface area (Å²) in [5.74, 6) is -2.46. The van der Waals surface area contributed by atoms with Gasteiger partial charge in [-0.2, -0.15) is 5.10 Å². The first kappa shape index (κ1) is 16.0. The SMILES string of the molecule is O=C(NCCCn1cccn1)C(=O)Nc1ccc(Cl)cc1F. The molecule has 0 unspecified atom stereocenters. The summed E-state index contributed by atoms with van der Waals surface area (Å²) < 4.78 is 15.2. The van der Waals surface area contributed by atoms with Gasteiger partial charge in [-0.1, -0.05) is 11.6 Å². The van der Waals surface area contributed by atoms with E-state index in [-0.39, 0.29) is 10.7 Å². The molecule has 6 nitrogen and oxygen atoms in total. The number of halogens is 2. The molecule has 0 atom stereocenters. The lowest BCUT2D eigenvalue weighted by Gasteiger charge is -2.07. The first-order valence-electron chi connectivity index (χ1n) is 6.58. The van der Waals surface area contributed by atoms with Crippen molar-refractivity contribution in [2.45, 2.75) is 13.0 Å². The van der Waals surface area contributed by atoms with Crippen LogP contribution >= 0.6 is 11.6 Å². The van der Waals surface area contributed by atoms with Crippen molar-refractivity contribution in [1.29, 1.82) is 0 Å². The lowest BCUT2D eigenvalue weighted by molar-refractivity contribution is -0.136. The molecule has 0 saturated carbocycles. The minimum absolute atomic E-state index is 0.0962. The number of nitrogens with one attached hydrogen (secondary N) is 2. The molecule has 1 aromatic heterocycles. The first-order chi connectivity index (χ1) is 10.6. The van der Waals surface area contributed by atoms with Gasteiger partial charge in [0, 0.05) is 30.5 Å². The smallest absolute Gasteiger partial charge is 0.313 e. The lowest BCUT2D eigenvalue weighted by atomic mass is 10.3. The third-order valence-corrected chi connectivity index (χ3v) is 3.03. The van der Waals surface area contributed by atoms with Crippen LogP contribution in [0.1, 0.15) is 6.42 Å². The molecule has 2 rings (SSSR count). The Morgan fingerprint density at radius 3 is 2.82 bits per heavy atom. The fourth-order valence-electron chi connectivity index (χ4n) is 1.73. The van der Waals surface area contributed by atoms with Crippen molar-refractivity contribution in [3.63, 3.8) is 0 Å². The summed E-state index contributed by atoms with van der Waals surface area (Å²) >= 11 is 5.60. The van der Waals surface area contributed by atoms with Gasteiger partial charge in [-0.3, -0.25) is 14.3 Å². The Hall–Kier alpha value is -2.41. The molecule has 0 spiro atoms. The van der Waals surface area contributed by atoms with Gasteiger partial charge in [0.2, 0.25) is 0 Å². The molecule has 116 valence electrons. The predicted octanol–water partition coefficient (Wildman–Crippen LogP) is 1.82. The molecule has 0 aliphatic rings. The van der Waals surface area contributed by atoms with Crippen LogP contribution in [0.25, 0.3) is 0 Å². The fourth-order valence-corrected chi connectivity index (χ4v) is 1.88. The standard InChI is InChI=1S/C14H14ClFN4O2/c15-10-3-4-12(11(16)9-10)19-14(22)13(21)17-5-1-7-20-8-2-6-18-20/h2-4,6,8-9H,1,5,7H2,(H,17,21)(H,19,22). The summed E-state index contributed by atoms with van der Waals surface area (Å²) in [4.78, 5) is 23.2. The van der Waals surface area contributed by atoms with Gasteiger partial charge in [0.25, 0.3) is 0 Å². The van der Waals surface area contributed by atoms with Crippen molar-refractivity contribution < 1.29 is 14.0 Å². The van der Waals surface area contributed by atoms with Crippen LogP contribution in [0.4, 0.5) is 10.1 Å². The Kier molecular flexibility index (Phi) is 5.48. The van der Waals surface area contributed by atoms with E-state index >= 15 is 0 Å². The second-order valence-corrected chi connectivity index (χ2v) is 4.89. The van der Waals surface area contributed by atoms with Gasteiger partial charge in [-0.15, -0.1) is 0 Å². The number of carbonyl (C=O) groups is 2. The number of benzene rings is 1. The first-order valence-corrected chi connectivity index (χ1v) is 6.96. The largest absolute Gasteiger partial charge is 0.348 e. The number of carbonyl (C=O) groups excluding carboxylic acids is 2. The van der Waals surface area contributed by atoms with Crippen molar-refractivity contribution in [1.82, 2.24) is 15.1 Å². The molecule has 0 bridgehead atoms. The molecular weight excluding hydrogens is 311 g/mol. The van der Waals surface area contributed by atoms with Crippen LogP contribution in [-0.4, -0.2) is 28.1 Å². The summed E-state index contributed by atoms with van der Waals surface area (Å²) in [6, 6.07) is 5.56. The van der Waals surface area contributed by atoms with Crippen molar-refractivity contribution >= 4 is 29.1 Å². The molecule has 2 aromatic rings. The summed E-state index contributed by atoms with van der Waals surface area (Å²) in [6.07, 6.45) is 4.08. The highest BCUT2D eigenvalue weighted by Crippen LogP contribution is 2.18. The van der Waals surface area contributed by atoms with Gasteiger partial charge in [-0.25, -0.2) is 4.39 Å². The lowest BCUT2D eigenvalue weighted by Crippen LogP contribution is -2.36. The molecule has 0 aliphatic carbocycles. The van der Waals surface area contributed by atoms with Gasteiger partial charge in [-0.05, 0) is 30.7 Å². The maximum absolute atomic E-state index is 13.5. The summed E-state index contributed by atoms with van der Waals surface area (Å²) in [7, 11) is 0. The molecule has 0 aliphatic heterocycles. The number of hydrogen-bond donors (Lipinski definition) is 2. The van der Waals surface area contributed by atoms with Gasteiger partial charge >= 0.3 is 11.8 Å². The number of nitrogens with zero attached hydrogens (tertiary/aromatic N) is 2. The van der Waals surface area contributed by atoms with Gasteiger partial charge < -0.3 is 10.6 Å². The maximum atomic E-state index is 13.5. The van der Waals surface area contributed by atoms with Crippen LogP contribution < -0.4 is 10.6 Å². The van der Waals surface area contributed by atoms with Crippen LogP contribution in [0.3, 0.4) is 0 Å². The Balaban J connectivity index is 1.75. The second-order valence-electron chi connectivity index (χ2n) is 4.46. The van der Waals surface area contributed by atoms with Crippen molar-refractivity contribution in [2.75, 3.05) is 11.9 Å². The van der Waals surface area contributed by atoms with Gasteiger partial charge in [0.15, 0.2) is 0 Å². The highest BCUT2D eigenvalue weighted by molar-refractivity contribution is 6.39. The minimum atomic E-state index is -0.930. The van der Waals surface area contributed by atoms with E-state index in [1.54, 1.807) is 23.1 Å². The van der Waals surface area contributed by atoms with Crippen molar-refractivity contribution in [3.05, 3.63) is 47.5 Å². The monoisotopic (exact) mass is 324 g/mol. The van der Waals surface area contributed by atoms with Crippen LogP contribution in [-0.2, 0) is 16.1 Å². The minimum Gasteiger partial charge on any atom is -0.348 e. The van der Waals surface area contributed by atoms with E-state index in [4.69, 9.17) is 11.6 Å². The molecule has 8 heteroatoms. The zero-order valence-electron chi connectivity index (χ0n) is 11.6. The molecular formula is C14H14ClFN4O2. The van der Waals surface area contributed by atoms with Crippen molar-refractivity contribution in [3.8, 4) is 0 Å². The molecule has 1 aromatic carbocycles. The molecule has 2 amide bonds. The number of amides is 2. The fraction of sp³-hybridized carbons (Fsp3) is 0.214. The Labute approximate surface area is 131 Å². The van der Waals surface area contributed by atoms with Crippen LogP contribution in [0.2, 0.25) is 5.02 Å². The molecule has 1 heterocycles. The summed E-state index contributed by atoms with van der Waals surface area (Å²) in [6.45, 7) is 0.940. The van der Waals surface area contributed by atoms with Crippen molar-refractivity contribution in [2.24, 2.45) is 0 Å². The van der Waals surface area contributed by atoms with E-state index in [1.807, 2.05) is 0 Å². The van der Waals surface area contributed by atoms with E-state index in [0.717, 1.165) is 6.07 Å². The second kappa shape index (κ2) is 7.56. The van der Waals surface area contributed by atoms with Crippen LogP contribution in [0, 0.1) is 5.82 Å². The number of hydrogen-bond acceptors (Lipinski definition) is 3. The molecule has 22 heavy (non-hydrogen) atoms. The number of aromatic nitrogens is 2. The van der Waals surface area contributed by atoms with E-state index in [9.17, 15) is 14.0 Å². The molecule has 0 saturated heterocycles. The Bertz CT molecular complexity index is 661. The quantitative estimate of drug-likeness (QED) is 0.650. The third kappa shape index (κ3) is 4.56. The van der Waals surface area contributed by atoms with E-state index in [1.165, 1.54) is 12.1 Å². The topological polar surface area (TPSA) is 76.0 Å². The third-order valence-electron chi connectivity index (χ3n) is 2.79. The number of rotatable bonds is 5. The van der Waals surface area contributed by atoms with Crippen LogP contribution in [0.5, 0.6) is 0 Å². The highest BCUT2D eigenvalue weighted by atomic mass is 35.5. The molecule has 0 fully saturated rings. The van der Waals surface area contributed by atoms with Gasteiger partial charge in [0.1, 0.15) is 5.82 Å². The average molecular weight is 325 g/mol. The molecule has 2 N–H and O–H groups in total. The van der Waals surface area contributed by atoms with Crippen LogP contribution in [0.15, 0.2) is 36.7 Å². The van der Waals surface area contributed by atoms with Gasteiger partial charge in [0.05, 0.1) is 5.69 Å². The summed E-state index contributed by atoms with van der Waals surface area (Å²) in [5.41, 5.74) is -0.0962. The summed E-state index contributed by atoms with van der Waals surface area (Å²) in [5, 5.41) is 8.86. The number of anilines is 1. The Morgan fingerprint density at radius 1 is 1.32 bits per heavy atom. The van der Waals surface area contributed by atoms with E-state index in [2.05, 4.69) is 15.7 Å². The predicted molar refractivity (Wildman–Crippen MR) is 79.9 cm³/mol. The van der Waals surface area contributed by atoms with E-state index in [0.29, 0.717) is 19.5 Å². The van der Waals surface area contributed by atoms with E-state index < -0.39 is 17.6 Å². The zero-order valence-corrected chi connectivity index (χ0v) is 12.3. The maximum Gasteiger partial charge on any atom is 0.313 e. The number of aryl methyl sites for hydroxylation is 1. The normalized spacial score (nSPS) is 10.3. The highest BCUT2D eigenvalue weighted by Gasteiger charge is 2.15. The Morgan fingerprint density at radius 2 is 2.14 bits per heavy atom. The molecule has 0 radical (unpaired) electrons. The zero-order chi connectivity index (χ0) is 15.9.